The number of nitrogens with zero attached hydrogens (tertiary/aromatic N) is 6. The van der Waals surface area contributed by atoms with Crippen LogP contribution >= 0.6 is 68.8 Å². The number of halogens is 6. The normalized spacial score (nSPS) is 10.8. The quantitative estimate of drug-likeness (QED) is 0.0254. The predicted octanol–water partition coefficient (Wildman–Crippen LogP) is 20.4. The summed E-state index contributed by atoms with van der Waals surface area (Å²) in [4.78, 5) is 61.7. The van der Waals surface area contributed by atoms with Crippen LogP contribution in [0.4, 0.5) is 43.6 Å². The Labute approximate surface area is 612 Å². The van der Waals surface area contributed by atoms with Crippen molar-refractivity contribution in [3.05, 3.63) is 301 Å². The van der Waals surface area contributed by atoms with E-state index in [2.05, 4.69) is 67.2 Å². The minimum absolute atomic E-state index is 0.211. The molecule has 3 amide bonds. The number of carbonyl (C=O) groups is 4. The van der Waals surface area contributed by atoms with E-state index in [4.69, 9.17) is 34.8 Å². The van der Waals surface area contributed by atoms with Gasteiger partial charge in [-0.25, -0.2) is 28.1 Å². The van der Waals surface area contributed by atoms with Gasteiger partial charge in [-0.3, -0.25) is 35.5 Å². The summed E-state index contributed by atoms with van der Waals surface area (Å²) >= 11 is 22.2. The monoisotopic (exact) mass is 1480 g/mol. The molecule has 0 atom stereocenters. The first-order chi connectivity index (χ1) is 49.2. The summed E-state index contributed by atoms with van der Waals surface area (Å²) in [6.45, 7) is 9.65. The molecule has 0 saturated carbocycles. The summed E-state index contributed by atoms with van der Waals surface area (Å²) in [5, 5.41) is 26.2. The van der Waals surface area contributed by atoms with E-state index in [1.165, 1.54) is 114 Å². The molecule has 0 aliphatic heterocycles. The Morgan fingerprint density at radius 1 is 0.402 bits per heavy atom. The zero-order valence-corrected chi connectivity index (χ0v) is 59.7. The van der Waals surface area contributed by atoms with Crippen molar-refractivity contribution in [2.24, 2.45) is 15.3 Å². The van der Waals surface area contributed by atoms with Crippen molar-refractivity contribution in [1.29, 1.82) is 0 Å². The molecule has 17 nitrogen and oxygen atoms in total. The van der Waals surface area contributed by atoms with Crippen LogP contribution in [0.3, 0.4) is 0 Å². The second kappa shape index (κ2) is 37.3. The summed E-state index contributed by atoms with van der Waals surface area (Å²) in [6.07, 6.45) is 4.81. The minimum atomic E-state index is -0.400. The highest BCUT2D eigenvalue weighted by Crippen LogP contribution is 2.39. The molecule has 6 N–H and O–H groups in total. The van der Waals surface area contributed by atoms with Crippen LogP contribution in [0.25, 0.3) is 33.8 Å². The maximum Gasteiger partial charge on any atom is 0.302 e. The molecule has 12 rings (SSSR count). The lowest BCUT2D eigenvalue weighted by atomic mass is 10.1. The van der Waals surface area contributed by atoms with Gasteiger partial charge in [0.1, 0.15) is 49.5 Å². The van der Waals surface area contributed by atoms with Gasteiger partial charge in [-0.1, -0.05) is 213 Å². The Bertz CT molecular complexity index is 4450. The summed E-state index contributed by atoms with van der Waals surface area (Å²) in [5.74, 6) is -2.47. The molecule has 0 radical (unpaired) electrons. The number of nitrogens with one attached hydrogen (secondary N) is 6. The lowest BCUT2D eigenvalue weighted by molar-refractivity contribution is -0.140. The van der Waals surface area contributed by atoms with Crippen molar-refractivity contribution in [3.63, 3.8) is 0 Å². The standard InChI is InChI=1S/3C24H18ClFN4OS.C4H8O2/c3*1-15-6-8-16(9-7-15)21-23(29-22(31)17-10-12-19(26)13-11-17)32-24(28-21)30-27-14-18-4-2-3-5-20(18)25;1-3-6-4(2)5/h3*2-14H,1H3,(H,28,30)(H,29,31);3H2,1-2H3/b3*27-14+;. The summed E-state index contributed by atoms with van der Waals surface area (Å²) < 4.78 is 44.0. The molecule has 516 valence electrons. The van der Waals surface area contributed by atoms with E-state index in [9.17, 15) is 32.3 Å². The van der Waals surface area contributed by atoms with E-state index >= 15 is 0 Å². The van der Waals surface area contributed by atoms with Crippen LogP contribution in [0.5, 0.6) is 0 Å². The highest BCUT2D eigenvalue weighted by molar-refractivity contribution is 7.21. The van der Waals surface area contributed by atoms with E-state index in [0.29, 0.717) is 85.8 Å². The fourth-order valence-electron chi connectivity index (χ4n) is 8.82. The number of anilines is 6. The first-order valence-electron chi connectivity index (χ1n) is 30.9. The highest BCUT2D eigenvalue weighted by atomic mass is 35.5. The summed E-state index contributed by atoms with van der Waals surface area (Å²) in [5.41, 5.74) is 19.8. The molecule has 26 heteroatoms. The third kappa shape index (κ3) is 22.4. The first kappa shape index (κ1) is 75.0. The minimum Gasteiger partial charge on any atom is -0.466 e. The van der Waals surface area contributed by atoms with Crippen LogP contribution in [-0.2, 0) is 9.53 Å². The van der Waals surface area contributed by atoms with Gasteiger partial charge < -0.3 is 20.7 Å². The largest absolute Gasteiger partial charge is 0.466 e. The van der Waals surface area contributed by atoms with Gasteiger partial charge >= 0.3 is 5.97 Å². The molecule has 9 aromatic carbocycles. The van der Waals surface area contributed by atoms with Crippen molar-refractivity contribution in [3.8, 4) is 33.8 Å². The van der Waals surface area contributed by atoms with E-state index in [-0.39, 0.29) is 23.7 Å². The van der Waals surface area contributed by atoms with Crippen molar-refractivity contribution in [2.75, 3.05) is 38.8 Å². The molecule has 3 heterocycles. The molecule has 102 heavy (non-hydrogen) atoms. The number of hydrogen-bond donors (Lipinski definition) is 6. The number of amides is 3. The number of hydrogen-bond acceptors (Lipinski definition) is 17. The predicted molar refractivity (Wildman–Crippen MR) is 410 cm³/mol. The van der Waals surface area contributed by atoms with Gasteiger partial charge in [0.25, 0.3) is 17.7 Å². The number of hydrazone groups is 3. The number of benzene rings is 9. The number of ether oxygens (including phenoxy) is 1. The average Bonchev–Trinajstić information content (AvgIpc) is 1.67. The number of carbonyl (C=O) groups excluding carboxylic acids is 4. The molecule has 0 aliphatic rings. The van der Waals surface area contributed by atoms with Crippen LogP contribution in [0.2, 0.25) is 15.1 Å². The second-order valence-electron chi connectivity index (χ2n) is 21.7. The maximum atomic E-state index is 13.2. The molecule has 0 bridgehead atoms. The first-order valence-corrected chi connectivity index (χ1v) is 34.5. The third-order valence-electron chi connectivity index (χ3n) is 14.0. The number of thiazole rings is 3. The van der Waals surface area contributed by atoms with Gasteiger partial charge in [0.15, 0.2) is 0 Å². The Kier molecular flexibility index (Phi) is 27.4. The fourth-order valence-corrected chi connectivity index (χ4v) is 11.9. The fraction of sp³-hybridized carbons (Fsp3) is 0.0789. The van der Waals surface area contributed by atoms with Crippen molar-refractivity contribution >= 4 is 142 Å². The molecule has 12 aromatic rings. The lowest BCUT2D eigenvalue weighted by Crippen LogP contribution is -2.11. The Morgan fingerprint density at radius 2 is 0.657 bits per heavy atom. The van der Waals surface area contributed by atoms with Gasteiger partial charge in [0.2, 0.25) is 15.4 Å². The Morgan fingerprint density at radius 3 is 0.882 bits per heavy atom. The molecule has 0 spiro atoms. The maximum absolute atomic E-state index is 13.2. The topological polar surface area (TPSA) is 225 Å². The Hall–Kier alpha value is -11.2. The van der Waals surface area contributed by atoms with E-state index in [1.54, 1.807) is 43.8 Å². The SMILES string of the molecule is CCOC(C)=O.Cc1ccc(-c2nc(N/N=C/c3ccccc3Cl)sc2NC(=O)c2ccc(F)cc2)cc1.Cc1ccc(-c2nc(N/N=C/c3ccccc3Cl)sc2NC(=O)c2ccc(F)cc2)cc1.Cc1ccc(-c2nc(N/N=C/c3ccccc3Cl)sc2NC(=O)c2ccc(F)cc2)cc1. The molecule has 0 unspecified atom stereocenters. The van der Waals surface area contributed by atoms with Gasteiger partial charge in [-0.15, -0.1) is 0 Å². The number of aryl methyl sites for hydroxylation is 3. The van der Waals surface area contributed by atoms with Crippen molar-refractivity contribution in [2.45, 2.75) is 34.6 Å². The van der Waals surface area contributed by atoms with Gasteiger partial charge in [0, 0.05) is 72.1 Å². The van der Waals surface area contributed by atoms with Gasteiger partial charge in [-0.05, 0) is 119 Å². The molecule has 0 aliphatic carbocycles. The van der Waals surface area contributed by atoms with Gasteiger partial charge in [0.05, 0.1) is 25.3 Å². The zero-order valence-electron chi connectivity index (χ0n) is 54.9. The average molecular weight is 1480 g/mol. The molecular weight excluding hydrogens is 1420 g/mol. The van der Waals surface area contributed by atoms with E-state index < -0.39 is 17.5 Å². The van der Waals surface area contributed by atoms with Crippen molar-refractivity contribution < 1.29 is 37.1 Å². The van der Waals surface area contributed by atoms with Crippen molar-refractivity contribution in [1.82, 2.24) is 15.0 Å². The highest BCUT2D eigenvalue weighted by Gasteiger charge is 2.21. The number of rotatable bonds is 19. The number of esters is 1. The molecule has 0 saturated heterocycles. The molecular formula is C76H62Cl3F3N12O5S3. The van der Waals surface area contributed by atoms with Crippen LogP contribution in [0.1, 0.15) is 78.3 Å². The summed E-state index contributed by atoms with van der Waals surface area (Å²) in [6, 6.07) is 61.6. The van der Waals surface area contributed by atoms with Crippen LogP contribution < -0.4 is 32.2 Å². The molecule has 3 aromatic heterocycles. The smallest absolute Gasteiger partial charge is 0.302 e. The van der Waals surface area contributed by atoms with Crippen LogP contribution in [0, 0.1) is 38.2 Å². The van der Waals surface area contributed by atoms with Crippen LogP contribution in [0.15, 0.2) is 234 Å². The van der Waals surface area contributed by atoms with E-state index in [1.807, 2.05) is 148 Å². The number of aromatic nitrogens is 3. The van der Waals surface area contributed by atoms with Crippen LogP contribution in [-0.4, -0.2) is 63.9 Å². The molecule has 0 fully saturated rings. The van der Waals surface area contributed by atoms with E-state index in [0.717, 1.165) is 50.1 Å². The Balaban J connectivity index is 0.000000171. The summed E-state index contributed by atoms with van der Waals surface area (Å²) in [7, 11) is 0. The second-order valence-corrected chi connectivity index (χ2v) is 25.9. The lowest BCUT2D eigenvalue weighted by Gasteiger charge is -2.06. The zero-order chi connectivity index (χ0) is 72.5. The van der Waals surface area contributed by atoms with Gasteiger partial charge in [-0.2, -0.15) is 15.3 Å². The third-order valence-corrected chi connectivity index (χ3v) is 17.7.